The Morgan fingerprint density at radius 1 is 1.57 bits per heavy atom. The molecular formula is C13H16N3O3S2-. The molecule has 0 spiro atoms. The number of hydrazone groups is 1. The number of hydrogen-bond donors (Lipinski definition) is 2. The molecule has 1 atom stereocenters. The van der Waals surface area contributed by atoms with Crippen LogP contribution in [0.1, 0.15) is 34.3 Å². The van der Waals surface area contributed by atoms with Crippen molar-refractivity contribution in [2.75, 3.05) is 13.2 Å². The molecule has 0 bridgehead atoms. The van der Waals surface area contributed by atoms with Crippen molar-refractivity contribution in [1.82, 2.24) is 10.7 Å². The number of ether oxygens (including phenoxy) is 1. The van der Waals surface area contributed by atoms with Gasteiger partial charge in [-0.1, -0.05) is 0 Å². The van der Waals surface area contributed by atoms with Gasteiger partial charge in [-0.25, -0.2) is 0 Å². The van der Waals surface area contributed by atoms with Gasteiger partial charge in [0.25, 0.3) is 0 Å². The first-order chi connectivity index (χ1) is 10.1. The Kier molecular flexibility index (Phi) is 5.66. The summed E-state index contributed by atoms with van der Waals surface area (Å²) in [5, 5.41) is 18.3. The number of nitrogens with one attached hydrogen (secondary N) is 2. The summed E-state index contributed by atoms with van der Waals surface area (Å²) in [5.41, 5.74) is 3.40. The van der Waals surface area contributed by atoms with Gasteiger partial charge >= 0.3 is 0 Å². The quantitative estimate of drug-likeness (QED) is 0.465. The summed E-state index contributed by atoms with van der Waals surface area (Å²) in [4.78, 5) is 11.6. The molecule has 2 heterocycles. The van der Waals surface area contributed by atoms with Crippen LogP contribution in [-0.2, 0) is 4.74 Å². The van der Waals surface area contributed by atoms with Gasteiger partial charge in [-0.3, -0.25) is 5.43 Å². The fourth-order valence-electron chi connectivity index (χ4n) is 1.88. The van der Waals surface area contributed by atoms with Gasteiger partial charge in [-0.15, -0.1) is 11.3 Å². The number of hydrogen-bond acceptors (Lipinski definition) is 6. The van der Waals surface area contributed by atoms with E-state index in [1.54, 1.807) is 13.0 Å². The SMILES string of the molecule is C/C(=N/NC(=S)NC[C@@H]1CCCO1)c1ccc(C(=O)[O-])s1. The third-order valence-corrected chi connectivity index (χ3v) is 4.41. The van der Waals surface area contributed by atoms with Crippen molar-refractivity contribution in [3.63, 3.8) is 0 Å². The first-order valence-electron chi connectivity index (χ1n) is 6.57. The Morgan fingerprint density at radius 2 is 2.33 bits per heavy atom. The van der Waals surface area contributed by atoms with Crippen molar-refractivity contribution in [1.29, 1.82) is 0 Å². The molecule has 0 unspecified atom stereocenters. The van der Waals surface area contributed by atoms with Crippen LogP contribution in [0.4, 0.5) is 0 Å². The monoisotopic (exact) mass is 326 g/mol. The van der Waals surface area contributed by atoms with Crippen LogP contribution in [-0.4, -0.2) is 36.0 Å². The highest BCUT2D eigenvalue weighted by molar-refractivity contribution is 7.80. The fraction of sp³-hybridized carbons (Fsp3) is 0.462. The molecular weight excluding hydrogens is 310 g/mol. The summed E-state index contributed by atoms with van der Waals surface area (Å²) < 4.78 is 5.48. The van der Waals surface area contributed by atoms with Gasteiger partial charge in [0.2, 0.25) is 0 Å². The predicted molar refractivity (Wildman–Crippen MR) is 83.6 cm³/mol. The summed E-state index contributed by atoms with van der Waals surface area (Å²) >= 11 is 6.24. The molecule has 0 aliphatic carbocycles. The van der Waals surface area contributed by atoms with Crippen LogP contribution in [0.3, 0.4) is 0 Å². The minimum Gasteiger partial charge on any atom is -0.544 e. The molecule has 0 aromatic carbocycles. The number of thiophene rings is 1. The van der Waals surface area contributed by atoms with Crippen LogP contribution in [0, 0.1) is 0 Å². The number of aromatic carboxylic acids is 1. The van der Waals surface area contributed by atoms with Gasteiger partial charge in [-0.2, -0.15) is 5.10 Å². The molecule has 0 amide bonds. The van der Waals surface area contributed by atoms with E-state index in [4.69, 9.17) is 17.0 Å². The summed E-state index contributed by atoms with van der Waals surface area (Å²) in [6.45, 7) is 3.25. The Hall–Kier alpha value is -1.51. The predicted octanol–water partition coefficient (Wildman–Crippen LogP) is 0.479. The second kappa shape index (κ2) is 7.48. The molecule has 0 radical (unpaired) electrons. The molecule has 0 saturated carbocycles. The number of carboxylic acids is 1. The first kappa shape index (κ1) is 15.9. The standard InChI is InChI=1S/C13H17N3O3S2/c1-8(10-4-5-11(21-10)12(17)18)15-16-13(20)14-7-9-3-2-6-19-9/h4-5,9H,2-3,6-7H2,1H3,(H,17,18)(H2,14,16,20)/p-1/b15-8-/t9-/m0/s1. The minimum atomic E-state index is -1.18. The molecule has 2 N–H and O–H groups in total. The molecule has 114 valence electrons. The van der Waals surface area contributed by atoms with Crippen LogP contribution in [0.2, 0.25) is 0 Å². The third kappa shape index (κ3) is 4.76. The Bertz CT molecular complexity index is 551. The molecule has 6 nitrogen and oxygen atoms in total. The number of rotatable bonds is 5. The maximum atomic E-state index is 10.7. The summed E-state index contributed by atoms with van der Waals surface area (Å²) in [7, 11) is 0. The lowest BCUT2D eigenvalue weighted by Crippen LogP contribution is -2.37. The lowest BCUT2D eigenvalue weighted by atomic mass is 10.2. The van der Waals surface area contributed by atoms with Crippen LogP contribution < -0.4 is 15.8 Å². The van der Waals surface area contributed by atoms with Crippen LogP contribution in [0.5, 0.6) is 0 Å². The number of nitrogens with zero attached hydrogens (tertiary/aromatic N) is 1. The van der Waals surface area contributed by atoms with Crippen LogP contribution in [0.15, 0.2) is 17.2 Å². The highest BCUT2D eigenvalue weighted by Crippen LogP contribution is 2.16. The molecule has 1 aliphatic rings. The van der Waals surface area contributed by atoms with Crippen molar-refractivity contribution in [3.05, 3.63) is 21.9 Å². The van der Waals surface area contributed by atoms with E-state index in [0.717, 1.165) is 35.7 Å². The van der Waals surface area contributed by atoms with Crippen molar-refractivity contribution in [3.8, 4) is 0 Å². The third-order valence-electron chi connectivity index (χ3n) is 3.00. The second-order valence-corrected chi connectivity index (χ2v) is 6.10. The smallest absolute Gasteiger partial charge is 0.187 e. The lowest BCUT2D eigenvalue weighted by molar-refractivity contribution is -0.254. The summed E-state index contributed by atoms with van der Waals surface area (Å²) in [6.07, 6.45) is 2.33. The van der Waals surface area contributed by atoms with E-state index in [0.29, 0.717) is 17.4 Å². The highest BCUT2D eigenvalue weighted by Gasteiger charge is 2.15. The Balaban J connectivity index is 1.81. The zero-order chi connectivity index (χ0) is 15.2. The van der Waals surface area contributed by atoms with Gasteiger partial charge in [0.15, 0.2) is 5.11 Å². The van der Waals surface area contributed by atoms with Crippen molar-refractivity contribution >= 4 is 40.3 Å². The van der Waals surface area contributed by atoms with Gasteiger partial charge in [-0.05, 0) is 44.1 Å². The van der Waals surface area contributed by atoms with E-state index in [1.165, 1.54) is 6.07 Å². The largest absolute Gasteiger partial charge is 0.544 e. The topological polar surface area (TPSA) is 85.8 Å². The molecule has 1 fully saturated rings. The van der Waals surface area contributed by atoms with Crippen molar-refractivity contribution in [2.45, 2.75) is 25.9 Å². The molecule has 2 rings (SSSR count). The zero-order valence-electron chi connectivity index (χ0n) is 11.5. The van der Waals surface area contributed by atoms with E-state index in [9.17, 15) is 9.90 Å². The molecule has 21 heavy (non-hydrogen) atoms. The van der Waals surface area contributed by atoms with E-state index < -0.39 is 5.97 Å². The zero-order valence-corrected chi connectivity index (χ0v) is 13.2. The number of carboxylic acid groups (broad SMARTS) is 1. The van der Waals surface area contributed by atoms with E-state index in [2.05, 4.69) is 15.8 Å². The van der Waals surface area contributed by atoms with Crippen molar-refractivity contribution < 1.29 is 14.6 Å². The summed E-state index contributed by atoms with van der Waals surface area (Å²) in [5.74, 6) is -1.18. The average molecular weight is 326 g/mol. The van der Waals surface area contributed by atoms with Crippen LogP contribution >= 0.6 is 23.6 Å². The van der Waals surface area contributed by atoms with Crippen molar-refractivity contribution in [2.24, 2.45) is 5.10 Å². The minimum absolute atomic E-state index is 0.179. The number of carbonyl (C=O) groups is 1. The van der Waals surface area contributed by atoms with Gasteiger partial charge in [0.1, 0.15) is 0 Å². The molecule has 1 aromatic rings. The van der Waals surface area contributed by atoms with E-state index in [-0.39, 0.29) is 11.0 Å². The Labute approximate surface area is 132 Å². The number of thiocarbonyl (C=S) groups is 1. The first-order valence-corrected chi connectivity index (χ1v) is 7.80. The van der Waals surface area contributed by atoms with Gasteiger partial charge < -0.3 is 20.0 Å². The van der Waals surface area contributed by atoms with Gasteiger partial charge in [0, 0.05) is 13.2 Å². The second-order valence-electron chi connectivity index (χ2n) is 4.61. The maximum absolute atomic E-state index is 10.7. The average Bonchev–Trinajstić information content (AvgIpc) is 3.12. The van der Waals surface area contributed by atoms with Gasteiger partial charge in [0.05, 0.1) is 27.5 Å². The van der Waals surface area contributed by atoms with E-state index >= 15 is 0 Å². The maximum Gasteiger partial charge on any atom is 0.187 e. The highest BCUT2D eigenvalue weighted by atomic mass is 32.1. The fourth-order valence-corrected chi connectivity index (χ4v) is 2.80. The molecule has 1 aliphatic heterocycles. The number of carbonyl (C=O) groups excluding carboxylic acids is 1. The lowest BCUT2D eigenvalue weighted by Gasteiger charge is -2.12. The Morgan fingerprint density at radius 3 is 2.95 bits per heavy atom. The van der Waals surface area contributed by atoms with Crippen LogP contribution in [0.25, 0.3) is 0 Å². The normalized spacial score (nSPS) is 18.5. The summed E-state index contributed by atoms with van der Waals surface area (Å²) in [6, 6.07) is 3.20. The van der Waals surface area contributed by atoms with E-state index in [1.807, 2.05) is 0 Å². The molecule has 1 aromatic heterocycles. The molecule has 1 saturated heterocycles. The molecule has 8 heteroatoms.